The van der Waals surface area contributed by atoms with Gasteiger partial charge in [0.05, 0.1) is 13.2 Å². The largest absolute Gasteiger partial charge is 0.378 e. The number of amides is 1. The summed E-state index contributed by atoms with van der Waals surface area (Å²) in [4.78, 5) is 14.3. The molecule has 0 saturated carbocycles. The third-order valence-electron chi connectivity index (χ3n) is 3.31. The van der Waals surface area contributed by atoms with Gasteiger partial charge in [-0.1, -0.05) is 25.5 Å². The zero-order chi connectivity index (χ0) is 13.1. The van der Waals surface area contributed by atoms with Crippen LogP contribution in [0.15, 0.2) is 18.2 Å². The molecule has 1 aromatic carbocycles. The maximum absolute atomic E-state index is 12.4. The Morgan fingerprint density at radius 3 is 2.50 bits per heavy atom. The zero-order valence-corrected chi connectivity index (χ0v) is 11.4. The summed E-state index contributed by atoms with van der Waals surface area (Å²) in [7, 11) is 0. The van der Waals surface area contributed by atoms with Crippen LogP contribution >= 0.6 is 0 Å². The first-order valence-corrected chi connectivity index (χ1v) is 6.56. The fourth-order valence-electron chi connectivity index (χ4n) is 2.22. The van der Waals surface area contributed by atoms with Gasteiger partial charge in [0.25, 0.3) is 5.91 Å². The number of hydrogen-bond acceptors (Lipinski definition) is 2. The molecule has 1 aliphatic heterocycles. The molecular weight excluding hydrogens is 226 g/mol. The fraction of sp³-hybridized carbons (Fsp3) is 0.533. The predicted molar refractivity (Wildman–Crippen MR) is 72.0 cm³/mol. The molecule has 0 aliphatic carbocycles. The van der Waals surface area contributed by atoms with Crippen molar-refractivity contribution in [2.24, 2.45) is 0 Å². The average Bonchev–Trinajstić information content (AvgIpc) is 2.38. The first-order valence-electron chi connectivity index (χ1n) is 6.56. The Morgan fingerprint density at radius 1 is 1.22 bits per heavy atom. The van der Waals surface area contributed by atoms with Gasteiger partial charge in [0, 0.05) is 18.7 Å². The summed E-state index contributed by atoms with van der Waals surface area (Å²) in [6, 6.07) is 6.15. The highest BCUT2D eigenvalue weighted by atomic mass is 16.5. The summed E-state index contributed by atoms with van der Waals surface area (Å²) in [6.45, 7) is 9.04. The second kappa shape index (κ2) is 5.53. The lowest BCUT2D eigenvalue weighted by Crippen LogP contribution is -2.40. The van der Waals surface area contributed by atoms with Gasteiger partial charge < -0.3 is 9.64 Å². The fourth-order valence-corrected chi connectivity index (χ4v) is 2.22. The predicted octanol–water partition coefficient (Wildman–Crippen LogP) is 2.59. The van der Waals surface area contributed by atoms with Crippen molar-refractivity contribution in [1.29, 1.82) is 0 Å². The van der Waals surface area contributed by atoms with E-state index < -0.39 is 0 Å². The van der Waals surface area contributed by atoms with E-state index in [2.05, 4.69) is 19.9 Å². The van der Waals surface area contributed by atoms with Gasteiger partial charge in [-0.05, 0) is 30.5 Å². The van der Waals surface area contributed by atoms with E-state index in [4.69, 9.17) is 4.74 Å². The topological polar surface area (TPSA) is 29.5 Å². The monoisotopic (exact) mass is 247 g/mol. The maximum atomic E-state index is 12.4. The van der Waals surface area contributed by atoms with Crippen molar-refractivity contribution in [2.45, 2.75) is 26.7 Å². The SMILES string of the molecule is Cc1cc(C(=O)N2CCOCC2)cc(C(C)C)c1. The lowest BCUT2D eigenvalue weighted by atomic mass is 9.97. The minimum absolute atomic E-state index is 0.129. The Balaban J connectivity index is 2.23. The van der Waals surface area contributed by atoms with Crippen LogP contribution in [0.5, 0.6) is 0 Å². The van der Waals surface area contributed by atoms with E-state index in [1.807, 2.05) is 24.0 Å². The van der Waals surface area contributed by atoms with Crippen molar-refractivity contribution in [3.8, 4) is 0 Å². The Labute approximate surface area is 109 Å². The van der Waals surface area contributed by atoms with Gasteiger partial charge >= 0.3 is 0 Å². The standard InChI is InChI=1S/C15H21NO2/c1-11(2)13-8-12(3)9-14(10-13)15(17)16-4-6-18-7-5-16/h8-11H,4-7H2,1-3H3. The van der Waals surface area contributed by atoms with Crippen LogP contribution in [0.2, 0.25) is 0 Å². The second-order valence-corrected chi connectivity index (χ2v) is 5.19. The number of ether oxygens (including phenoxy) is 1. The molecule has 3 nitrogen and oxygen atoms in total. The maximum Gasteiger partial charge on any atom is 0.254 e. The van der Waals surface area contributed by atoms with Gasteiger partial charge in [0.2, 0.25) is 0 Å². The van der Waals surface area contributed by atoms with Crippen LogP contribution < -0.4 is 0 Å². The third-order valence-corrected chi connectivity index (χ3v) is 3.31. The number of nitrogens with zero attached hydrogens (tertiary/aromatic N) is 1. The molecule has 0 spiro atoms. The van der Waals surface area contributed by atoms with Crippen LogP contribution in [0.3, 0.4) is 0 Å². The van der Waals surface area contributed by atoms with E-state index in [9.17, 15) is 4.79 Å². The number of rotatable bonds is 2. The van der Waals surface area contributed by atoms with E-state index in [1.54, 1.807) is 0 Å². The van der Waals surface area contributed by atoms with Gasteiger partial charge in [0.15, 0.2) is 0 Å². The minimum Gasteiger partial charge on any atom is -0.378 e. The molecule has 2 rings (SSSR count). The summed E-state index contributed by atoms with van der Waals surface area (Å²) in [5, 5.41) is 0. The van der Waals surface area contributed by atoms with E-state index in [-0.39, 0.29) is 5.91 Å². The van der Waals surface area contributed by atoms with Gasteiger partial charge in [-0.15, -0.1) is 0 Å². The lowest BCUT2D eigenvalue weighted by Gasteiger charge is -2.27. The molecule has 1 saturated heterocycles. The molecule has 1 aliphatic rings. The highest BCUT2D eigenvalue weighted by Crippen LogP contribution is 2.19. The molecular formula is C15H21NO2. The molecule has 18 heavy (non-hydrogen) atoms. The van der Waals surface area contributed by atoms with Crippen molar-refractivity contribution in [1.82, 2.24) is 4.90 Å². The van der Waals surface area contributed by atoms with Crippen molar-refractivity contribution < 1.29 is 9.53 Å². The number of carbonyl (C=O) groups excluding carboxylic acids is 1. The van der Waals surface area contributed by atoms with E-state index >= 15 is 0 Å². The van der Waals surface area contributed by atoms with Gasteiger partial charge in [0.1, 0.15) is 0 Å². The van der Waals surface area contributed by atoms with Crippen molar-refractivity contribution in [3.63, 3.8) is 0 Å². The Kier molecular flexibility index (Phi) is 4.02. The third kappa shape index (κ3) is 2.91. The lowest BCUT2D eigenvalue weighted by molar-refractivity contribution is 0.0303. The Morgan fingerprint density at radius 2 is 1.89 bits per heavy atom. The summed E-state index contributed by atoms with van der Waals surface area (Å²) < 4.78 is 5.28. The van der Waals surface area contributed by atoms with Gasteiger partial charge in [-0.2, -0.15) is 0 Å². The van der Waals surface area contributed by atoms with Crippen LogP contribution in [0, 0.1) is 6.92 Å². The molecule has 0 atom stereocenters. The van der Waals surface area contributed by atoms with Crippen LogP contribution in [0.4, 0.5) is 0 Å². The first-order chi connectivity index (χ1) is 8.58. The molecule has 0 aromatic heterocycles. The Hall–Kier alpha value is -1.35. The minimum atomic E-state index is 0.129. The van der Waals surface area contributed by atoms with Crippen LogP contribution in [-0.2, 0) is 4.74 Å². The van der Waals surface area contributed by atoms with Gasteiger partial charge in [-0.25, -0.2) is 0 Å². The number of aryl methyl sites for hydroxylation is 1. The number of morpholine rings is 1. The summed E-state index contributed by atoms with van der Waals surface area (Å²) in [5.74, 6) is 0.574. The molecule has 0 unspecified atom stereocenters. The average molecular weight is 247 g/mol. The summed E-state index contributed by atoms with van der Waals surface area (Å²) in [6.07, 6.45) is 0. The van der Waals surface area contributed by atoms with Crippen LogP contribution in [0.25, 0.3) is 0 Å². The molecule has 98 valence electrons. The molecule has 1 aromatic rings. The highest BCUT2D eigenvalue weighted by molar-refractivity contribution is 5.94. The summed E-state index contributed by atoms with van der Waals surface area (Å²) >= 11 is 0. The van der Waals surface area contributed by atoms with Crippen molar-refractivity contribution >= 4 is 5.91 Å². The van der Waals surface area contributed by atoms with Gasteiger partial charge in [-0.3, -0.25) is 4.79 Å². The first kappa shape index (κ1) is 13.1. The van der Waals surface area contributed by atoms with Crippen LogP contribution in [-0.4, -0.2) is 37.1 Å². The molecule has 1 heterocycles. The number of hydrogen-bond donors (Lipinski definition) is 0. The van der Waals surface area contributed by atoms with E-state index in [1.165, 1.54) is 5.56 Å². The van der Waals surface area contributed by atoms with Crippen LogP contribution in [0.1, 0.15) is 41.3 Å². The van der Waals surface area contributed by atoms with Crippen molar-refractivity contribution in [3.05, 3.63) is 34.9 Å². The molecule has 0 N–H and O–H groups in total. The number of benzene rings is 1. The smallest absolute Gasteiger partial charge is 0.254 e. The second-order valence-electron chi connectivity index (χ2n) is 5.19. The van der Waals surface area contributed by atoms with Crippen molar-refractivity contribution in [2.75, 3.05) is 26.3 Å². The molecule has 0 radical (unpaired) electrons. The molecule has 3 heteroatoms. The molecule has 1 amide bonds. The molecule has 0 bridgehead atoms. The van der Waals surface area contributed by atoms with E-state index in [0.717, 1.165) is 11.1 Å². The quantitative estimate of drug-likeness (QED) is 0.804. The number of carbonyl (C=O) groups is 1. The molecule has 1 fully saturated rings. The van der Waals surface area contributed by atoms with E-state index in [0.29, 0.717) is 32.2 Å². The summed E-state index contributed by atoms with van der Waals surface area (Å²) in [5.41, 5.74) is 3.19. The normalized spacial score (nSPS) is 16.1. The Bertz CT molecular complexity index is 434. The zero-order valence-electron chi connectivity index (χ0n) is 11.4. The highest BCUT2D eigenvalue weighted by Gasteiger charge is 2.19.